The molecular weight excluding hydrogens is 429 g/mol. The van der Waals surface area contributed by atoms with Gasteiger partial charge in [-0.05, 0) is 61.4 Å². The van der Waals surface area contributed by atoms with Crippen LogP contribution in [-0.4, -0.2) is 32.3 Å². The van der Waals surface area contributed by atoms with E-state index >= 15 is 0 Å². The first-order chi connectivity index (χ1) is 15.4. The van der Waals surface area contributed by atoms with E-state index in [4.69, 9.17) is 0 Å². The molecular formula is C23H24FN5O2S. The standard InChI is InChI=1S/C23H24FN5O2S/c1-4-11-29-20(13-25-22(31)17-6-8-18(24)9-7-17)27-28-23(29)32-14-21(30)26-19-10-5-15(2)16(3)12-19/h4-10,12H,1,11,13-14H2,2-3H3,(H,25,31)(H,26,30). The van der Waals surface area contributed by atoms with E-state index in [2.05, 4.69) is 27.4 Å². The van der Waals surface area contributed by atoms with Crippen molar-refractivity contribution in [1.82, 2.24) is 20.1 Å². The number of hydrogen-bond donors (Lipinski definition) is 2. The van der Waals surface area contributed by atoms with Crippen LogP contribution >= 0.6 is 11.8 Å². The number of nitrogens with one attached hydrogen (secondary N) is 2. The predicted octanol–water partition coefficient (Wildman–Crippen LogP) is 3.88. The van der Waals surface area contributed by atoms with Crippen molar-refractivity contribution in [3.05, 3.63) is 83.5 Å². The fraction of sp³-hybridized carbons (Fsp3) is 0.217. The Labute approximate surface area is 190 Å². The van der Waals surface area contributed by atoms with Gasteiger partial charge in [-0.2, -0.15) is 0 Å². The zero-order chi connectivity index (χ0) is 23.1. The second-order valence-corrected chi connectivity index (χ2v) is 8.07. The van der Waals surface area contributed by atoms with Crippen molar-refractivity contribution in [3.8, 4) is 0 Å². The molecule has 0 saturated carbocycles. The fourth-order valence-electron chi connectivity index (χ4n) is 2.88. The summed E-state index contributed by atoms with van der Waals surface area (Å²) in [5.74, 6) is -0.227. The minimum absolute atomic E-state index is 0.131. The van der Waals surface area contributed by atoms with Crippen LogP contribution in [0.5, 0.6) is 0 Å². The summed E-state index contributed by atoms with van der Waals surface area (Å²) in [6.45, 7) is 8.32. The number of benzene rings is 2. The van der Waals surface area contributed by atoms with Crippen LogP contribution in [0.4, 0.5) is 10.1 Å². The van der Waals surface area contributed by atoms with E-state index in [1.165, 1.54) is 36.0 Å². The van der Waals surface area contributed by atoms with Crippen LogP contribution in [0.25, 0.3) is 0 Å². The molecule has 0 aliphatic carbocycles. The first-order valence-electron chi connectivity index (χ1n) is 9.94. The number of carbonyl (C=O) groups excluding carboxylic acids is 2. The number of amides is 2. The second kappa shape index (κ2) is 10.7. The van der Waals surface area contributed by atoms with E-state index in [0.717, 1.165) is 16.8 Å². The monoisotopic (exact) mass is 453 g/mol. The maximum atomic E-state index is 13.0. The van der Waals surface area contributed by atoms with E-state index in [1.807, 2.05) is 32.0 Å². The lowest BCUT2D eigenvalue weighted by atomic mass is 10.1. The zero-order valence-electron chi connectivity index (χ0n) is 17.9. The Morgan fingerprint density at radius 2 is 1.88 bits per heavy atom. The lowest BCUT2D eigenvalue weighted by Crippen LogP contribution is -2.25. The van der Waals surface area contributed by atoms with E-state index in [0.29, 0.717) is 23.1 Å². The van der Waals surface area contributed by atoms with Gasteiger partial charge in [0.2, 0.25) is 5.91 Å². The highest BCUT2D eigenvalue weighted by Crippen LogP contribution is 2.19. The molecule has 0 saturated heterocycles. The number of aromatic nitrogens is 3. The summed E-state index contributed by atoms with van der Waals surface area (Å²) in [5.41, 5.74) is 3.36. The second-order valence-electron chi connectivity index (χ2n) is 7.12. The molecule has 32 heavy (non-hydrogen) atoms. The average molecular weight is 454 g/mol. The molecule has 3 aromatic rings. The topological polar surface area (TPSA) is 88.9 Å². The highest BCUT2D eigenvalue weighted by atomic mass is 32.2. The first-order valence-corrected chi connectivity index (χ1v) is 10.9. The van der Waals surface area contributed by atoms with Crippen molar-refractivity contribution < 1.29 is 14.0 Å². The average Bonchev–Trinajstić information content (AvgIpc) is 3.15. The summed E-state index contributed by atoms with van der Waals surface area (Å²) >= 11 is 1.25. The van der Waals surface area contributed by atoms with Crippen LogP contribution in [-0.2, 0) is 17.9 Å². The third kappa shape index (κ3) is 6.04. The molecule has 0 bridgehead atoms. The Hall–Kier alpha value is -3.46. The smallest absolute Gasteiger partial charge is 0.251 e. The lowest BCUT2D eigenvalue weighted by Gasteiger charge is -2.10. The summed E-state index contributed by atoms with van der Waals surface area (Å²) in [4.78, 5) is 24.6. The van der Waals surface area contributed by atoms with Crippen molar-refractivity contribution in [2.75, 3.05) is 11.1 Å². The summed E-state index contributed by atoms with van der Waals surface area (Å²) in [7, 11) is 0. The number of thioether (sulfide) groups is 1. The molecule has 166 valence electrons. The Morgan fingerprint density at radius 1 is 1.12 bits per heavy atom. The van der Waals surface area contributed by atoms with Gasteiger partial charge in [0.05, 0.1) is 12.3 Å². The molecule has 0 spiro atoms. The summed E-state index contributed by atoms with van der Waals surface area (Å²) < 4.78 is 14.8. The van der Waals surface area contributed by atoms with Gasteiger partial charge in [-0.25, -0.2) is 4.39 Å². The number of anilines is 1. The van der Waals surface area contributed by atoms with E-state index < -0.39 is 5.82 Å². The predicted molar refractivity (Wildman–Crippen MR) is 123 cm³/mol. The maximum absolute atomic E-state index is 13.0. The molecule has 2 aromatic carbocycles. The van der Waals surface area contributed by atoms with Crippen LogP contribution in [0.3, 0.4) is 0 Å². The Morgan fingerprint density at radius 3 is 2.56 bits per heavy atom. The summed E-state index contributed by atoms with van der Waals surface area (Å²) in [5, 5.41) is 14.5. The van der Waals surface area contributed by atoms with Gasteiger partial charge >= 0.3 is 0 Å². The van der Waals surface area contributed by atoms with E-state index in [-0.39, 0.29) is 24.1 Å². The number of allylic oxidation sites excluding steroid dienone is 1. The fourth-order valence-corrected chi connectivity index (χ4v) is 3.64. The maximum Gasteiger partial charge on any atom is 0.251 e. The van der Waals surface area contributed by atoms with Crippen LogP contribution in [0.1, 0.15) is 27.3 Å². The van der Waals surface area contributed by atoms with Gasteiger partial charge in [-0.1, -0.05) is 23.9 Å². The summed E-state index contributed by atoms with van der Waals surface area (Å²) in [6, 6.07) is 11.0. The molecule has 3 rings (SSSR count). The van der Waals surface area contributed by atoms with Gasteiger partial charge in [-0.3, -0.25) is 9.59 Å². The Bertz CT molecular complexity index is 1130. The first kappa shape index (κ1) is 23.2. The lowest BCUT2D eigenvalue weighted by molar-refractivity contribution is -0.113. The molecule has 0 aliphatic rings. The minimum Gasteiger partial charge on any atom is -0.345 e. The zero-order valence-corrected chi connectivity index (χ0v) is 18.7. The molecule has 2 amide bonds. The van der Waals surface area contributed by atoms with Gasteiger partial charge in [-0.15, -0.1) is 16.8 Å². The van der Waals surface area contributed by atoms with Crippen LogP contribution in [0.2, 0.25) is 0 Å². The van der Waals surface area contributed by atoms with Gasteiger partial charge in [0, 0.05) is 17.8 Å². The number of aryl methyl sites for hydroxylation is 2. The van der Waals surface area contributed by atoms with Crippen molar-refractivity contribution in [2.24, 2.45) is 0 Å². The molecule has 0 aliphatic heterocycles. The third-order valence-corrected chi connectivity index (χ3v) is 5.71. The number of nitrogens with zero attached hydrogens (tertiary/aromatic N) is 3. The largest absolute Gasteiger partial charge is 0.345 e. The summed E-state index contributed by atoms with van der Waals surface area (Å²) in [6.07, 6.45) is 1.69. The molecule has 0 fully saturated rings. The highest BCUT2D eigenvalue weighted by Gasteiger charge is 2.15. The minimum atomic E-state index is -0.407. The van der Waals surface area contributed by atoms with Crippen molar-refractivity contribution in [2.45, 2.75) is 32.1 Å². The molecule has 1 heterocycles. The quantitative estimate of drug-likeness (QED) is 0.379. The number of rotatable bonds is 9. The Kier molecular flexibility index (Phi) is 7.77. The van der Waals surface area contributed by atoms with Gasteiger partial charge in [0.1, 0.15) is 5.82 Å². The molecule has 0 radical (unpaired) electrons. The van der Waals surface area contributed by atoms with Crippen LogP contribution in [0, 0.1) is 19.7 Å². The van der Waals surface area contributed by atoms with Crippen molar-refractivity contribution in [3.63, 3.8) is 0 Å². The molecule has 0 atom stereocenters. The van der Waals surface area contributed by atoms with Crippen molar-refractivity contribution >= 4 is 29.3 Å². The Balaban J connectivity index is 1.60. The molecule has 2 N–H and O–H groups in total. The van der Waals surface area contributed by atoms with Crippen molar-refractivity contribution in [1.29, 1.82) is 0 Å². The van der Waals surface area contributed by atoms with Gasteiger partial charge < -0.3 is 15.2 Å². The van der Waals surface area contributed by atoms with Gasteiger partial charge in [0.15, 0.2) is 11.0 Å². The molecule has 9 heteroatoms. The SMILES string of the molecule is C=CCn1c(CNC(=O)c2ccc(F)cc2)nnc1SCC(=O)Nc1ccc(C)c(C)c1. The molecule has 1 aromatic heterocycles. The van der Waals surface area contributed by atoms with Crippen LogP contribution < -0.4 is 10.6 Å². The number of carbonyl (C=O) groups is 2. The van der Waals surface area contributed by atoms with Gasteiger partial charge in [0.25, 0.3) is 5.91 Å². The highest BCUT2D eigenvalue weighted by molar-refractivity contribution is 7.99. The normalized spacial score (nSPS) is 10.6. The van der Waals surface area contributed by atoms with E-state index in [1.54, 1.807) is 10.6 Å². The number of hydrogen-bond acceptors (Lipinski definition) is 5. The third-order valence-electron chi connectivity index (χ3n) is 4.74. The molecule has 7 nitrogen and oxygen atoms in total. The molecule has 0 unspecified atom stereocenters. The van der Waals surface area contributed by atoms with E-state index in [9.17, 15) is 14.0 Å². The van der Waals surface area contributed by atoms with Crippen LogP contribution in [0.15, 0.2) is 60.3 Å². The number of halogens is 1.